The third-order valence-electron chi connectivity index (χ3n) is 4.01. The standard InChI is InChI=1S/C21H19NO/c1-14-5-3-7-16(11-14)20-18(13-23)9-10-19(22)21(20)17-8-4-6-15(2)12-17/h3-13H,22H2,1-2H3. The fourth-order valence-corrected chi connectivity index (χ4v) is 2.96. The molecular formula is C21H19NO. The molecule has 114 valence electrons. The Morgan fingerprint density at radius 3 is 1.87 bits per heavy atom. The van der Waals surface area contributed by atoms with Crippen molar-refractivity contribution in [1.29, 1.82) is 0 Å². The summed E-state index contributed by atoms with van der Waals surface area (Å²) in [7, 11) is 0. The van der Waals surface area contributed by atoms with Crippen LogP contribution in [0.25, 0.3) is 22.3 Å². The van der Waals surface area contributed by atoms with Crippen LogP contribution in [0.4, 0.5) is 5.69 Å². The van der Waals surface area contributed by atoms with E-state index in [2.05, 4.69) is 25.1 Å². The molecule has 2 heteroatoms. The highest BCUT2D eigenvalue weighted by atomic mass is 16.1. The summed E-state index contributed by atoms with van der Waals surface area (Å²) < 4.78 is 0. The van der Waals surface area contributed by atoms with Gasteiger partial charge >= 0.3 is 0 Å². The molecule has 2 nitrogen and oxygen atoms in total. The van der Waals surface area contributed by atoms with Gasteiger partial charge in [-0.25, -0.2) is 0 Å². The van der Waals surface area contributed by atoms with E-state index in [1.807, 2.05) is 37.3 Å². The summed E-state index contributed by atoms with van der Waals surface area (Å²) in [6, 6.07) is 19.9. The van der Waals surface area contributed by atoms with Crippen molar-refractivity contribution in [2.75, 3.05) is 5.73 Å². The van der Waals surface area contributed by atoms with E-state index in [9.17, 15) is 4.79 Å². The molecule has 0 aliphatic carbocycles. The highest BCUT2D eigenvalue weighted by Gasteiger charge is 2.15. The maximum absolute atomic E-state index is 11.6. The minimum atomic E-state index is 0.654. The van der Waals surface area contributed by atoms with Gasteiger partial charge in [-0.15, -0.1) is 0 Å². The molecule has 0 amide bonds. The number of aryl methyl sites for hydroxylation is 2. The molecule has 0 saturated heterocycles. The molecule has 2 N–H and O–H groups in total. The molecule has 0 unspecified atom stereocenters. The fraction of sp³-hybridized carbons (Fsp3) is 0.0952. The number of hydrogen-bond donors (Lipinski definition) is 1. The number of hydrogen-bond acceptors (Lipinski definition) is 2. The average molecular weight is 301 g/mol. The van der Waals surface area contributed by atoms with Crippen LogP contribution in [0.1, 0.15) is 21.5 Å². The third-order valence-corrected chi connectivity index (χ3v) is 4.01. The molecule has 0 aliphatic heterocycles. The Bertz CT molecular complexity index is 881. The molecule has 0 radical (unpaired) electrons. The first-order valence-electron chi connectivity index (χ1n) is 7.62. The van der Waals surface area contributed by atoms with Crippen molar-refractivity contribution in [2.45, 2.75) is 13.8 Å². The van der Waals surface area contributed by atoms with Crippen LogP contribution < -0.4 is 5.73 Å². The van der Waals surface area contributed by atoms with Gasteiger partial charge in [-0.1, -0.05) is 59.7 Å². The normalized spacial score (nSPS) is 10.5. The highest BCUT2D eigenvalue weighted by Crippen LogP contribution is 2.39. The van der Waals surface area contributed by atoms with E-state index in [4.69, 9.17) is 5.73 Å². The molecule has 0 bridgehead atoms. The average Bonchev–Trinajstić information content (AvgIpc) is 2.54. The molecule has 0 spiro atoms. The molecule has 0 fully saturated rings. The van der Waals surface area contributed by atoms with Gasteiger partial charge in [-0.05, 0) is 37.1 Å². The third kappa shape index (κ3) is 2.88. The topological polar surface area (TPSA) is 43.1 Å². The molecule has 3 aromatic rings. The smallest absolute Gasteiger partial charge is 0.150 e. The highest BCUT2D eigenvalue weighted by molar-refractivity contribution is 6.00. The number of rotatable bonds is 3. The Morgan fingerprint density at radius 1 is 0.783 bits per heavy atom. The van der Waals surface area contributed by atoms with E-state index in [1.165, 1.54) is 0 Å². The van der Waals surface area contributed by atoms with E-state index >= 15 is 0 Å². The van der Waals surface area contributed by atoms with E-state index < -0.39 is 0 Å². The van der Waals surface area contributed by atoms with E-state index in [0.29, 0.717) is 11.3 Å². The zero-order chi connectivity index (χ0) is 16.4. The first-order chi connectivity index (χ1) is 11.1. The molecule has 0 heterocycles. The van der Waals surface area contributed by atoms with Gasteiger partial charge in [0.1, 0.15) is 0 Å². The van der Waals surface area contributed by atoms with Gasteiger partial charge in [0.05, 0.1) is 0 Å². The lowest BCUT2D eigenvalue weighted by Crippen LogP contribution is -1.98. The van der Waals surface area contributed by atoms with Gasteiger partial charge < -0.3 is 5.73 Å². The zero-order valence-corrected chi connectivity index (χ0v) is 13.3. The lowest BCUT2D eigenvalue weighted by atomic mass is 9.88. The molecule has 3 rings (SSSR count). The van der Waals surface area contributed by atoms with Crippen LogP contribution in [-0.2, 0) is 0 Å². The summed E-state index contributed by atoms with van der Waals surface area (Å²) in [5.74, 6) is 0. The van der Waals surface area contributed by atoms with Crippen LogP contribution in [-0.4, -0.2) is 6.29 Å². The molecular weight excluding hydrogens is 282 g/mol. The molecule has 0 aliphatic rings. The quantitative estimate of drug-likeness (QED) is 0.544. The summed E-state index contributed by atoms with van der Waals surface area (Å²) in [5.41, 5.74) is 13.8. The number of carbonyl (C=O) groups is 1. The summed E-state index contributed by atoms with van der Waals surface area (Å²) in [5, 5.41) is 0. The fourth-order valence-electron chi connectivity index (χ4n) is 2.96. The molecule has 0 aromatic heterocycles. The van der Waals surface area contributed by atoms with Crippen LogP contribution >= 0.6 is 0 Å². The Kier molecular flexibility index (Phi) is 3.98. The number of anilines is 1. The van der Waals surface area contributed by atoms with Crippen LogP contribution in [0.5, 0.6) is 0 Å². The lowest BCUT2D eigenvalue weighted by molar-refractivity contribution is 0.112. The van der Waals surface area contributed by atoms with Crippen molar-refractivity contribution in [2.24, 2.45) is 0 Å². The second-order valence-corrected chi connectivity index (χ2v) is 5.85. The molecule has 23 heavy (non-hydrogen) atoms. The van der Waals surface area contributed by atoms with E-state index in [-0.39, 0.29) is 0 Å². The zero-order valence-electron chi connectivity index (χ0n) is 13.3. The number of aldehydes is 1. The van der Waals surface area contributed by atoms with Crippen LogP contribution in [0, 0.1) is 13.8 Å². The van der Waals surface area contributed by atoms with Crippen LogP contribution in [0.3, 0.4) is 0 Å². The predicted octanol–water partition coefficient (Wildman–Crippen LogP) is 5.03. The van der Waals surface area contributed by atoms with Crippen LogP contribution in [0.2, 0.25) is 0 Å². The largest absolute Gasteiger partial charge is 0.398 e. The van der Waals surface area contributed by atoms with Gasteiger partial charge in [-0.3, -0.25) is 4.79 Å². The van der Waals surface area contributed by atoms with Gasteiger partial charge in [0.25, 0.3) is 0 Å². The van der Waals surface area contributed by atoms with Gasteiger partial charge in [0.2, 0.25) is 0 Å². The summed E-state index contributed by atoms with van der Waals surface area (Å²) in [6.45, 7) is 4.10. The van der Waals surface area contributed by atoms with Crippen molar-refractivity contribution < 1.29 is 4.79 Å². The minimum Gasteiger partial charge on any atom is -0.398 e. The summed E-state index contributed by atoms with van der Waals surface area (Å²) in [4.78, 5) is 11.6. The Balaban J connectivity index is 2.37. The summed E-state index contributed by atoms with van der Waals surface area (Å²) >= 11 is 0. The van der Waals surface area contributed by atoms with Crippen molar-refractivity contribution >= 4 is 12.0 Å². The van der Waals surface area contributed by atoms with Gasteiger partial charge in [0.15, 0.2) is 6.29 Å². The van der Waals surface area contributed by atoms with Crippen molar-refractivity contribution in [1.82, 2.24) is 0 Å². The lowest BCUT2D eigenvalue weighted by Gasteiger charge is -2.16. The maximum Gasteiger partial charge on any atom is 0.150 e. The minimum absolute atomic E-state index is 0.654. The summed E-state index contributed by atoms with van der Waals surface area (Å²) in [6.07, 6.45) is 0.899. The van der Waals surface area contributed by atoms with Crippen LogP contribution in [0.15, 0.2) is 60.7 Å². The second kappa shape index (κ2) is 6.09. The SMILES string of the molecule is Cc1cccc(-c2c(N)ccc(C=O)c2-c2cccc(C)c2)c1. The maximum atomic E-state index is 11.6. The van der Waals surface area contributed by atoms with E-state index in [1.54, 1.807) is 12.1 Å². The van der Waals surface area contributed by atoms with Gasteiger partial charge in [0, 0.05) is 22.4 Å². The first-order valence-corrected chi connectivity index (χ1v) is 7.62. The van der Waals surface area contributed by atoms with Crippen molar-refractivity contribution in [3.05, 3.63) is 77.4 Å². The number of benzene rings is 3. The molecule has 0 atom stereocenters. The number of nitrogen functional groups attached to an aromatic ring is 1. The van der Waals surface area contributed by atoms with Crippen molar-refractivity contribution in [3.63, 3.8) is 0 Å². The monoisotopic (exact) mass is 301 g/mol. The van der Waals surface area contributed by atoms with Gasteiger partial charge in [-0.2, -0.15) is 0 Å². The van der Waals surface area contributed by atoms with E-state index in [0.717, 1.165) is 39.7 Å². The Hall–Kier alpha value is -2.87. The Morgan fingerprint density at radius 2 is 1.35 bits per heavy atom. The molecule has 3 aromatic carbocycles. The first kappa shape index (κ1) is 15.0. The number of nitrogens with two attached hydrogens (primary N) is 1. The van der Waals surface area contributed by atoms with Crippen molar-refractivity contribution in [3.8, 4) is 22.3 Å². The second-order valence-electron chi connectivity index (χ2n) is 5.85. The Labute approximate surface area is 136 Å². The molecule has 0 saturated carbocycles. The predicted molar refractivity (Wildman–Crippen MR) is 96.6 cm³/mol. The number of carbonyl (C=O) groups excluding carboxylic acids is 1.